The maximum Gasteiger partial charge on any atom is 0.237 e. The summed E-state index contributed by atoms with van der Waals surface area (Å²) in [6.07, 6.45) is 6.69. The predicted octanol–water partition coefficient (Wildman–Crippen LogP) is 2.52. The molecule has 1 aliphatic rings. The first-order chi connectivity index (χ1) is 9.20. The van der Waals surface area contributed by atoms with Gasteiger partial charge in [-0.05, 0) is 32.6 Å². The quantitative estimate of drug-likeness (QED) is 0.846. The number of nitrogens with zero attached hydrogens (tertiary/aromatic N) is 3. The van der Waals surface area contributed by atoms with E-state index in [-0.39, 0.29) is 5.91 Å². The normalized spacial score (nSPS) is 15.1. The zero-order chi connectivity index (χ0) is 13.7. The van der Waals surface area contributed by atoms with Crippen molar-refractivity contribution in [3.8, 4) is 0 Å². The molecular weight excluding hydrogens is 280 g/mol. The minimum absolute atomic E-state index is 0.134. The van der Waals surface area contributed by atoms with Gasteiger partial charge in [0.1, 0.15) is 0 Å². The maximum absolute atomic E-state index is 12.2. The van der Waals surface area contributed by atoms with Crippen molar-refractivity contribution in [3.05, 3.63) is 11.8 Å². The first kappa shape index (κ1) is 14.3. The zero-order valence-electron chi connectivity index (χ0n) is 11.0. The van der Waals surface area contributed by atoms with Crippen molar-refractivity contribution in [2.75, 3.05) is 18.0 Å². The molecule has 0 saturated carbocycles. The van der Waals surface area contributed by atoms with Gasteiger partial charge in [-0.2, -0.15) is 0 Å². The van der Waals surface area contributed by atoms with Gasteiger partial charge in [0, 0.05) is 12.2 Å². The molecule has 0 saturated heterocycles. The third-order valence-corrected chi connectivity index (χ3v) is 4.84. The average molecular weight is 298 g/mol. The van der Waals surface area contributed by atoms with Gasteiger partial charge in [0.25, 0.3) is 0 Å². The van der Waals surface area contributed by atoms with Gasteiger partial charge < -0.3 is 10.6 Å². The number of rotatable bonds is 5. The van der Waals surface area contributed by atoms with Crippen LogP contribution in [-0.4, -0.2) is 33.3 Å². The molecule has 2 rings (SSSR count). The van der Waals surface area contributed by atoms with Crippen molar-refractivity contribution in [1.82, 2.24) is 15.1 Å². The molecule has 104 valence electrons. The second-order valence-corrected chi connectivity index (χ2v) is 6.51. The van der Waals surface area contributed by atoms with E-state index >= 15 is 0 Å². The number of thioether (sulfide) groups is 1. The maximum atomic E-state index is 12.2. The fourth-order valence-corrected chi connectivity index (χ4v) is 3.60. The molecule has 1 heterocycles. The number of carbonyl (C=O) groups excluding carboxylic acids is 1. The molecule has 0 unspecified atom stereocenters. The van der Waals surface area contributed by atoms with E-state index in [9.17, 15) is 4.79 Å². The van der Waals surface area contributed by atoms with Crippen LogP contribution in [0.15, 0.2) is 16.1 Å². The Bertz CT molecular complexity index is 472. The summed E-state index contributed by atoms with van der Waals surface area (Å²) in [5.74, 6) is 0.522. The van der Waals surface area contributed by atoms with E-state index in [4.69, 9.17) is 5.73 Å². The Labute approximate surface area is 121 Å². The third kappa shape index (κ3) is 3.94. The minimum atomic E-state index is 0.134. The Kier molecular flexibility index (Phi) is 5.21. The van der Waals surface area contributed by atoms with Crippen molar-refractivity contribution < 1.29 is 4.79 Å². The lowest BCUT2D eigenvalue weighted by Crippen LogP contribution is -2.32. The Balaban J connectivity index is 1.91. The van der Waals surface area contributed by atoms with Gasteiger partial charge in [0.15, 0.2) is 4.34 Å². The molecule has 2 N–H and O–H groups in total. The average Bonchev–Trinajstić information content (AvgIpc) is 2.84. The van der Waals surface area contributed by atoms with Crippen LogP contribution in [0.3, 0.4) is 0 Å². The number of amides is 1. The van der Waals surface area contributed by atoms with Crippen LogP contribution in [0.4, 0.5) is 5.13 Å². The lowest BCUT2D eigenvalue weighted by atomic mass is 10.0. The summed E-state index contributed by atoms with van der Waals surface area (Å²) in [5.41, 5.74) is 6.69. The zero-order valence-corrected chi connectivity index (χ0v) is 12.6. The molecule has 1 aromatic heterocycles. The number of hydrogen-bond donors (Lipinski definition) is 1. The molecule has 1 aliphatic carbocycles. The number of hydrogen-bond acceptors (Lipinski definition) is 6. The number of nitrogens with two attached hydrogens (primary N) is 1. The van der Waals surface area contributed by atoms with Crippen LogP contribution in [0.25, 0.3) is 0 Å². The number of allylic oxidation sites excluding steroid dienone is 2. The van der Waals surface area contributed by atoms with Crippen LogP contribution >= 0.6 is 23.1 Å². The van der Waals surface area contributed by atoms with E-state index in [1.165, 1.54) is 41.6 Å². The fraction of sp³-hybridized carbons (Fsp3) is 0.583. The highest BCUT2D eigenvalue weighted by atomic mass is 32.2. The predicted molar refractivity (Wildman–Crippen MR) is 79.0 cm³/mol. The van der Waals surface area contributed by atoms with Crippen LogP contribution in [-0.2, 0) is 4.79 Å². The highest BCUT2D eigenvalue weighted by Crippen LogP contribution is 2.26. The Hall–Kier alpha value is -1.08. The molecule has 0 aromatic carbocycles. The summed E-state index contributed by atoms with van der Waals surface area (Å²) in [5, 5.41) is 8.09. The molecular formula is C12H18N4OS2. The summed E-state index contributed by atoms with van der Waals surface area (Å²) >= 11 is 2.72. The van der Waals surface area contributed by atoms with Crippen molar-refractivity contribution >= 4 is 34.1 Å². The van der Waals surface area contributed by atoms with Gasteiger partial charge in [0.2, 0.25) is 11.0 Å². The number of anilines is 1. The van der Waals surface area contributed by atoms with E-state index < -0.39 is 0 Å². The summed E-state index contributed by atoms with van der Waals surface area (Å²) < 4.78 is 0.750. The van der Waals surface area contributed by atoms with Crippen LogP contribution in [0.5, 0.6) is 0 Å². The second kappa shape index (κ2) is 6.91. The van der Waals surface area contributed by atoms with Crippen LogP contribution in [0.1, 0.15) is 32.6 Å². The molecule has 0 spiro atoms. The van der Waals surface area contributed by atoms with Gasteiger partial charge in [0.05, 0.1) is 5.75 Å². The Morgan fingerprint density at radius 3 is 2.95 bits per heavy atom. The Morgan fingerprint density at radius 1 is 1.53 bits per heavy atom. The standard InChI is InChI=1S/C12H18N4OS2/c1-2-16(9-6-4-3-5-7-9)10(17)8-18-12-15-14-11(13)19-12/h6H,2-5,7-8H2,1H3,(H2,13,14). The van der Waals surface area contributed by atoms with E-state index in [0.717, 1.165) is 23.7 Å². The highest BCUT2D eigenvalue weighted by Gasteiger charge is 2.18. The minimum Gasteiger partial charge on any atom is -0.374 e. The second-order valence-electron chi connectivity index (χ2n) is 4.27. The largest absolute Gasteiger partial charge is 0.374 e. The van der Waals surface area contributed by atoms with E-state index in [2.05, 4.69) is 16.3 Å². The van der Waals surface area contributed by atoms with E-state index in [1.54, 1.807) is 0 Å². The molecule has 0 aliphatic heterocycles. The molecule has 0 radical (unpaired) electrons. The number of carbonyl (C=O) groups is 1. The van der Waals surface area contributed by atoms with E-state index in [0.29, 0.717) is 10.9 Å². The van der Waals surface area contributed by atoms with Crippen LogP contribution in [0.2, 0.25) is 0 Å². The van der Waals surface area contributed by atoms with Gasteiger partial charge >= 0.3 is 0 Å². The molecule has 0 fully saturated rings. The first-order valence-corrected chi connectivity index (χ1v) is 8.22. The lowest BCUT2D eigenvalue weighted by Gasteiger charge is -2.26. The van der Waals surface area contributed by atoms with Gasteiger partial charge in [-0.25, -0.2) is 0 Å². The topological polar surface area (TPSA) is 72.1 Å². The summed E-state index contributed by atoms with van der Waals surface area (Å²) in [6, 6.07) is 0. The molecule has 0 bridgehead atoms. The van der Waals surface area contributed by atoms with Gasteiger partial charge in [-0.1, -0.05) is 29.2 Å². The van der Waals surface area contributed by atoms with Gasteiger partial charge in [-0.3, -0.25) is 4.79 Å². The molecule has 1 amide bonds. The van der Waals surface area contributed by atoms with Crippen LogP contribution < -0.4 is 5.73 Å². The van der Waals surface area contributed by atoms with E-state index in [1.807, 2.05) is 11.8 Å². The van der Waals surface area contributed by atoms with Crippen molar-refractivity contribution in [1.29, 1.82) is 0 Å². The molecule has 5 nitrogen and oxygen atoms in total. The van der Waals surface area contributed by atoms with Crippen molar-refractivity contribution in [2.45, 2.75) is 36.9 Å². The van der Waals surface area contributed by atoms with Gasteiger partial charge in [-0.15, -0.1) is 10.2 Å². The van der Waals surface area contributed by atoms with Crippen molar-refractivity contribution in [3.63, 3.8) is 0 Å². The Morgan fingerprint density at radius 2 is 2.37 bits per heavy atom. The summed E-state index contributed by atoms with van der Waals surface area (Å²) in [6.45, 7) is 2.74. The number of nitrogen functional groups attached to an aromatic ring is 1. The monoisotopic (exact) mass is 298 g/mol. The molecule has 0 atom stereocenters. The molecule has 7 heteroatoms. The summed E-state index contributed by atoms with van der Waals surface area (Å²) in [4.78, 5) is 14.1. The third-order valence-electron chi connectivity index (χ3n) is 2.97. The molecule has 1 aromatic rings. The van der Waals surface area contributed by atoms with Crippen molar-refractivity contribution in [2.24, 2.45) is 0 Å². The summed E-state index contributed by atoms with van der Waals surface area (Å²) in [7, 11) is 0. The fourth-order valence-electron chi connectivity index (χ4n) is 2.09. The lowest BCUT2D eigenvalue weighted by molar-refractivity contribution is -0.126. The SMILES string of the molecule is CCN(C(=O)CSc1nnc(N)s1)C1=CCCCC1. The molecule has 19 heavy (non-hydrogen) atoms. The highest BCUT2D eigenvalue weighted by molar-refractivity contribution is 8.01. The number of aromatic nitrogens is 2. The first-order valence-electron chi connectivity index (χ1n) is 6.42. The van der Waals surface area contributed by atoms with Crippen LogP contribution in [0, 0.1) is 0 Å². The smallest absolute Gasteiger partial charge is 0.237 e.